The fraction of sp³-hybridized carbons (Fsp3) is 0.417. The van der Waals surface area contributed by atoms with E-state index in [2.05, 4.69) is 10.6 Å². The maximum atomic E-state index is 12.6. The van der Waals surface area contributed by atoms with Crippen molar-refractivity contribution in [3.8, 4) is 11.5 Å². The minimum Gasteiger partial charge on any atom is -0.490 e. The van der Waals surface area contributed by atoms with Crippen LogP contribution in [0, 0.1) is 0 Å². The van der Waals surface area contributed by atoms with Crippen molar-refractivity contribution in [1.29, 1.82) is 0 Å². The zero-order valence-corrected chi connectivity index (χ0v) is 18.5. The van der Waals surface area contributed by atoms with E-state index in [0.29, 0.717) is 75.5 Å². The summed E-state index contributed by atoms with van der Waals surface area (Å²) in [5.74, 6) is 0.383. The van der Waals surface area contributed by atoms with Gasteiger partial charge in [-0.15, -0.1) is 0 Å². The monoisotopic (exact) mass is 458 g/mol. The maximum absolute atomic E-state index is 12.6. The molecule has 2 N–H and O–H groups in total. The van der Waals surface area contributed by atoms with E-state index in [9.17, 15) is 9.59 Å². The van der Waals surface area contributed by atoms with Gasteiger partial charge in [-0.2, -0.15) is 0 Å². The van der Waals surface area contributed by atoms with Crippen molar-refractivity contribution in [3.05, 3.63) is 59.7 Å². The highest BCUT2D eigenvalue weighted by atomic mass is 16.6. The first-order valence-corrected chi connectivity index (χ1v) is 11.0. The van der Waals surface area contributed by atoms with Crippen molar-refractivity contribution < 1.29 is 33.3 Å². The maximum Gasteiger partial charge on any atom is 0.255 e. The van der Waals surface area contributed by atoms with Gasteiger partial charge in [0.05, 0.1) is 50.8 Å². The highest BCUT2D eigenvalue weighted by Gasteiger charge is 2.14. The molecule has 2 aromatic carbocycles. The van der Waals surface area contributed by atoms with E-state index in [-0.39, 0.29) is 24.9 Å². The molecule has 33 heavy (non-hydrogen) atoms. The largest absolute Gasteiger partial charge is 0.490 e. The fourth-order valence-electron chi connectivity index (χ4n) is 3.07. The number of nitrogens with one attached hydrogen (secondary N) is 2. The lowest BCUT2D eigenvalue weighted by Crippen LogP contribution is -2.35. The Morgan fingerprint density at radius 1 is 0.515 bits per heavy atom. The first kappa shape index (κ1) is 24.5. The number of para-hydroxylation sites is 2. The second kappa shape index (κ2) is 14.1. The molecule has 0 unspecified atom stereocenters. The van der Waals surface area contributed by atoms with Crippen LogP contribution in [0.25, 0.3) is 0 Å². The van der Waals surface area contributed by atoms with Crippen molar-refractivity contribution >= 4 is 11.8 Å². The third-order valence-electron chi connectivity index (χ3n) is 4.67. The summed E-state index contributed by atoms with van der Waals surface area (Å²) in [5.41, 5.74) is 0.841. The Kier molecular flexibility index (Phi) is 10.5. The molecule has 0 atom stereocenters. The van der Waals surface area contributed by atoms with Crippen LogP contribution < -0.4 is 20.1 Å². The molecule has 0 aliphatic carbocycles. The molecule has 0 aromatic heterocycles. The minimum absolute atomic E-state index is 0.263. The van der Waals surface area contributed by atoms with Gasteiger partial charge in [-0.05, 0) is 24.3 Å². The van der Waals surface area contributed by atoms with Crippen LogP contribution in [-0.2, 0) is 14.2 Å². The summed E-state index contributed by atoms with van der Waals surface area (Å²) in [6.07, 6.45) is 0. The van der Waals surface area contributed by atoms with Gasteiger partial charge in [0.25, 0.3) is 11.8 Å². The van der Waals surface area contributed by atoms with Crippen LogP contribution in [0.2, 0.25) is 0 Å². The molecule has 0 fully saturated rings. The average Bonchev–Trinajstić information content (AvgIpc) is 2.84. The fourth-order valence-corrected chi connectivity index (χ4v) is 3.07. The van der Waals surface area contributed by atoms with E-state index in [1.54, 1.807) is 48.5 Å². The third-order valence-corrected chi connectivity index (χ3v) is 4.67. The molecule has 0 saturated carbocycles. The molecule has 0 bridgehead atoms. The molecule has 9 heteroatoms. The Hall–Kier alpha value is -3.14. The van der Waals surface area contributed by atoms with Crippen LogP contribution in [0.15, 0.2) is 48.5 Å². The minimum atomic E-state index is -0.281. The number of fused-ring (bicyclic) bond motifs is 2. The van der Waals surface area contributed by atoms with Gasteiger partial charge in [-0.25, -0.2) is 0 Å². The molecule has 0 saturated heterocycles. The van der Waals surface area contributed by atoms with Crippen molar-refractivity contribution in [2.45, 2.75) is 0 Å². The molecule has 1 heterocycles. The van der Waals surface area contributed by atoms with E-state index < -0.39 is 0 Å². The third kappa shape index (κ3) is 8.38. The van der Waals surface area contributed by atoms with Crippen LogP contribution in [0.4, 0.5) is 0 Å². The lowest BCUT2D eigenvalue weighted by molar-refractivity contribution is 0.00492. The Bertz CT molecular complexity index is 819. The Morgan fingerprint density at radius 3 is 1.30 bits per heavy atom. The van der Waals surface area contributed by atoms with E-state index in [0.717, 1.165) is 0 Å². The Balaban J connectivity index is 1.60. The molecule has 9 nitrogen and oxygen atoms in total. The molecule has 3 rings (SSSR count). The summed E-state index contributed by atoms with van der Waals surface area (Å²) in [5, 5.41) is 5.60. The first-order chi connectivity index (χ1) is 16.3. The van der Waals surface area contributed by atoms with Crippen LogP contribution in [0.1, 0.15) is 20.7 Å². The highest BCUT2D eigenvalue weighted by molar-refractivity contribution is 5.98. The number of ether oxygens (including phenoxy) is 5. The van der Waals surface area contributed by atoms with E-state index in [1.165, 1.54) is 0 Å². The SMILES string of the molecule is O=C1NCCNC(=O)c2ccccc2OCCOCCOCCOCCOc2ccccc21. The summed E-state index contributed by atoms with van der Waals surface area (Å²) < 4.78 is 27.9. The molecule has 2 amide bonds. The molecule has 1 aliphatic rings. The van der Waals surface area contributed by atoms with Gasteiger partial charge >= 0.3 is 0 Å². The van der Waals surface area contributed by atoms with Gasteiger partial charge in [-0.1, -0.05) is 24.3 Å². The van der Waals surface area contributed by atoms with Crippen molar-refractivity contribution in [3.63, 3.8) is 0 Å². The number of amides is 2. The molecule has 0 radical (unpaired) electrons. The topological polar surface area (TPSA) is 104 Å². The normalized spacial score (nSPS) is 17.8. The first-order valence-electron chi connectivity index (χ1n) is 11.0. The van der Waals surface area contributed by atoms with E-state index in [4.69, 9.17) is 23.7 Å². The molecular weight excluding hydrogens is 428 g/mol. The van der Waals surface area contributed by atoms with E-state index in [1.807, 2.05) is 0 Å². The summed E-state index contributed by atoms with van der Waals surface area (Å²) in [6.45, 7) is 3.66. The van der Waals surface area contributed by atoms with Crippen molar-refractivity contribution in [2.75, 3.05) is 65.9 Å². The van der Waals surface area contributed by atoms with Gasteiger partial charge in [0, 0.05) is 13.1 Å². The second-order valence-corrected chi connectivity index (χ2v) is 7.04. The molecule has 0 spiro atoms. The van der Waals surface area contributed by atoms with Gasteiger partial charge in [0.1, 0.15) is 24.7 Å². The lowest BCUT2D eigenvalue weighted by atomic mass is 10.2. The zero-order chi connectivity index (χ0) is 23.1. The van der Waals surface area contributed by atoms with Crippen LogP contribution in [-0.4, -0.2) is 77.8 Å². The zero-order valence-electron chi connectivity index (χ0n) is 18.5. The summed E-state index contributed by atoms with van der Waals surface area (Å²) >= 11 is 0. The highest BCUT2D eigenvalue weighted by Crippen LogP contribution is 2.18. The van der Waals surface area contributed by atoms with Gasteiger partial charge in [-0.3, -0.25) is 9.59 Å². The number of carbonyl (C=O) groups excluding carboxylic acids is 2. The molecular formula is C24H30N2O7. The number of hydrogen-bond acceptors (Lipinski definition) is 7. The van der Waals surface area contributed by atoms with Crippen molar-refractivity contribution in [2.24, 2.45) is 0 Å². The molecule has 178 valence electrons. The smallest absolute Gasteiger partial charge is 0.255 e. The van der Waals surface area contributed by atoms with E-state index >= 15 is 0 Å². The summed E-state index contributed by atoms with van der Waals surface area (Å²) in [4.78, 5) is 25.2. The summed E-state index contributed by atoms with van der Waals surface area (Å²) in [6, 6.07) is 14.0. The molecule has 2 aromatic rings. The number of carbonyl (C=O) groups is 2. The Labute approximate surface area is 193 Å². The van der Waals surface area contributed by atoms with Gasteiger partial charge in [0.2, 0.25) is 0 Å². The van der Waals surface area contributed by atoms with Crippen LogP contribution in [0.5, 0.6) is 11.5 Å². The Morgan fingerprint density at radius 2 is 0.879 bits per heavy atom. The molecule has 1 aliphatic heterocycles. The number of benzene rings is 2. The predicted octanol–water partition coefficient (Wildman–Crippen LogP) is 1.67. The van der Waals surface area contributed by atoms with Crippen molar-refractivity contribution in [1.82, 2.24) is 10.6 Å². The number of hydrogen-bond donors (Lipinski definition) is 2. The van der Waals surface area contributed by atoms with Crippen LogP contribution >= 0.6 is 0 Å². The predicted molar refractivity (Wildman–Crippen MR) is 121 cm³/mol. The quantitative estimate of drug-likeness (QED) is 0.619. The second-order valence-electron chi connectivity index (χ2n) is 7.04. The van der Waals surface area contributed by atoms with Gasteiger partial charge in [0.15, 0.2) is 0 Å². The standard InChI is InChI=1S/C24H30N2O7/c27-23-19-5-1-3-7-21(19)32-17-15-30-13-11-29-12-14-31-16-18-33-22-8-4-2-6-20(22)24(28)26-10-9-25-23/h1-8H,9-18H2,(H,25,27)(H,26,28). The van der Waals surface area contributed by atoms with Crippen LogP contribution in [0.3, 0.4) is 0 Å². The number of rotatable bonds is 0. The van der Waals surface area contributed by atoms with Gasteiger partial charge < -0.3 is 34.3 Å². The average molecular weight is 459 g/mol. The lowest BCUT2D eigenvalue weighted by Gasteiger charge is -2.13. The summed E-state index contributed by atoms with van der Waals surface area (Å²) in [7, 11) is 0.